The molecule has 1 aliphatic heterocycles. The molecule has 1 amide bonds. The molecule has 0 aromatic rings. The van der Waals surface area contributed by atoms with Gasteiger partial charge in [-0.25, -0.2) is 0 Å². The van der Waals surface area contributed by atoms with Gasteiger partial charge in [0.1, 0.15) is 0 Å². The summed E-state index contributed by atoms with van der Waals surface area (Å²) in [5.74, 6) is 3.97. The van der Waals surface area contributed by atoms with Crippen molar-refractivity contribution in [1.29, 1.82) is 0 Å². The van der Waals surface area contributed by atoms with E-state index >= 15 is 0 Å². The summed E-state index contributed by atoms with van der Waals surface area (Å²) in [6, 6.07) is 0. The predicted octanol–water partition coefficient (Wildman–Crippen LogP) is 6.11. The van der Waals surface area contributed by atoms with Crippen molar-refractivity contribution in [3.8, 4) is 0 Å². The van der Waals surface area contributed by atoms with Crippen molar-refractivity contribution in [1.82, 2.24) is 4.90 Å². The van der Waals surface area contributed by atoms with Crippen LogP contribution in [-0.2, 0) is 4.79 Å². The van der Waals surface area contributed by atoms with Gasteiger partial charge in [0.05, 0.1) is 11.2 Å². The molecule has 4 fully saturated rings. The highest BCUT2D eigenvalue weighted by Crippen LogP contribution is 2.67. The van der Waals surface area contributed by atoms with Gasteiger partial charge in [0.15, 0.2) is 0 Å². The second-order valence-electron chi connectivity index (χ2n) is 14.4. The van der Waals surface area contributed by atoms with Gasteiger partial charge in [0.2, 0.25) is 5.91 Å². The van der Waals surface area contributed by atoms with Gasteiger partial charge in [-0.2, -0.15) is 0 Å². The van der Waals surface area contributed by atoms with E-state index in [9.17, 15) is 15.0 Å². The number of amides is 1. The SMILES string of the molecule is CC(=O)N1CCC(O)(CC[C@@H](C)[C@H]2CC[C@H]3[C@@H]4CC=C5C[C@@](C)(O)CC[C@]5(C)[C@H]4CC[C@]23C)CC1. The van der Waals surface area contributed by atoms with Gasteiger partial charge in [0.25, 0.3) is 0 Å². The van der Waals surface area contributed by atoms with Crippen LogP contribution in [-0.4, -0.2) is 45.3 Å². The maximum Gasteiger partial charge on any atom is 0.219 e. The average molecular weight is 486 g/mol. The van der Waals surface area contributed by atoms with Crippen LogP contribution in [0.3, 0.4) is 0 Å². The summed E-state index contributed by atoms with van der Waals surface area (Å²) >= 11 is 0. The van der Waals surface area contributed by atoms with Crippen molar-refractivity contribution in [3.05, 3.63) is 11.6 Å². The van der Waals surface area contributed by atoms with Crippen LogP contribution in [0.5, 0.6) is 0 Å². The molecule has 35 heavy (non-hydrogen) atoms. The van der Waals surface area contributed by atoms with E-state index in [4.69, 9.17) is 0 Å². The number of carbonyl (C=O) groups is 1. The number of allylic oxidation sites excluding steroid dienone is 1. The molecule has 5 rings (SSSR count). The summed E-state index contributed by atoms with van der Waals surface area (Å²) in [7, 11) is 0. The summed E-state index contributed by atoms with van der Waals surface area (Å²) in [6.45, 7) is 12.7. The molecule has 4 aliphatic carbocycles. The third kappa shape index (κ3) is 4.43. The van der Waals surface area contributed by atoms with E-state index < -0.39 is 11.2 Å². The minimum atomic E-state index is -0.585. The number of carbonyl (C=O) groups excluding carboxylic acids is 1. The Hall–Kier alpha value is -0.870. The van der Waals surface area contributed by atoms with Gasteiger partial charge < -0.3 is 15.1 Å². The van der Waals surface area contributed by atoms with E-state index in [1.165, 1.54) is 32.1 Å². The molecule has 2 N–H and O–H groups in total. The molecule has 8 atom stereocenters. The monoisotopic (exact) mass is 485 g/mol. The molecule has 4 heteroatoms. The minimum Gasteiger partial charge on any atom is -0.390 e. The summed E-state index contributed by atoms with van der Waals surface area (Å²) in [6.07, 6.45) is 15.6. The van der Waals surface area contributed by atoms with Crippen molar-refractivity contribution >= 4 is 5.91 Å². The second kappa shape index (κ2) is 8.86. The van der Waals surface area contributed by atoms with Gasteiger partial charge in [-0.15, -0.1) is 0 Å². The predicted molar refractivity (Wildman–Crippen MR) is 141 cm³/mol. The topological polar surface area (TPSA) is 60.8 Å². The molecule has 0 radical (unpaired) electrons. The smallest absolute Gasteiger partial charge is 0.219 e. The summed E-state index contributed by atoms with van der Waals surface area (Å²) in [5.41, 5.74) is 1.20. The Labute approximate surface area is 213 Å². The number of hydrogen-bond acceptors (Lipinski definition) is 3. The lowest BCUT2D eigenvalue weighted by Crippen LogP contribution is -2.52. The zero-order chi connectivity index (χ0) is 25.2. The minimum absolute atomic E-state index is 0.137. The molecule has 0 spiro atoms. The molecule has 3 saturated carbocycles. The summed E-state index contributed by atoms with van der Waals surface area (Å²) in [5, 5.41) is 22.0. The first kappa shape index (κ1) is 25.8. The van der Waals surface area contributed by atoms with Gasteiger partial charge >= 0.3 is 0 Å². The Morgan fingerprint density at radius 1 is 1.03 bits per heavy atom. The Kier molecular flexibility index (Phi) is 6.52. The molecule has 1 heterocycles. The van der Waals surface area contributed by atoms with E-state index in [1.807, 2.05) is 11.8 Å². The van der Waals surface area contributed by atoms with Crippen LogP contribution in [0, 0.1) is 40.4 Å². The van der Waals surface area contributed by atoms with Crippen LogP contribution in [0.15, 0.2) is 11.6 Å². The maximum atomic E-state index is 11.7. The first-order chi connectivity index (χ1) is 16.4. The van der Waals surface area contributed by atoms with E-state index in [-0.39, 0.29) is 5.91 Å². The van der Waals surface area contributed by atoms with Gasteiger partial charge in [-0.1, -0.05) is 32.4 Å². The Balaban J connectivity index is 1.24. The standard InChI is InChI=1S/C31H51NO3/c1-21(10-13-31(35)16-18-32(19-17-31)22(2)33)25-8-9-26-24-7-6-23-20-28(3,34)14-15-29(23,4)27(24)11-12-30(25,26)5/h6,21,24-27,34-35H,7-20H2,1-5H3/t21-,24+,25-,26+,27+,28+,29+,30-/m1/s1. The number of likely N-dealkylation sites (tertiary alicyclic amines) is 1. The molecule has 0 aromatic carbocycles. The molecular formula is C31H51NO3. The largest absolute Gasteiger partial charge is 0.390 e. The van der Waals surface area contributed by atoms with Crippen molar-refractivity contribution < 1.29 is 15.0 Å². The quantitative estimate of drug-likeness (QED) is 0.473. The normalized spacial score (nSPS) is 45.7. The van der Waals surface area contributed by atoms with E-state index in [2.05, 4.69) is 26.8 Å². The van der Waals surface area contributed by atoms with Crippen LogP contribution < -0.4 is 0 Å². The van der Waals surface area contributed by atoms with E-state index in [0.29, 0.717) is 29.8 Å². The van der Waals surface area contributed by atoms with Gasteiger partial charge in [0, 0.05) is 20.0 Å². The lowest BCUT2D eigenvalue weighted by atomic mass is 9.46. The zero-order valence-corrected chi connectivity index (χ0v) is 23.1. The number of hydrogen-bond donors (Lipinski definition) is 2. The van der Waals surface area contributed by atoms with Gasteiger partial charge in [-0.3, -0.25) is 4.79 Å². The number of rotatable bonds is 4. The summed E-state index contributed by atoms with van der Waals surface area (Å²) in [4.78, 5) is 13.6. The second-order valence-corrected chi connectivity index (χ2v) is 14.4. The molecular weight excluding hydrogens is 434 g/mol. The highest BCUT2D eigenvalue weighted by molar-refractivity contribution is 5.73. The third-order valence-corrected chi connectivity index (χ3v) is 12.3. The van der Waals surface area contributed by atoms with Crippen molar-refractivity contribution in [2.45, 2.75) is 123 Å². The Bertz CT molecular complexity index is 855. The van der Waals surface area contributed by atoms with Crippen molar-refractivity contribution in [2.75, 3.05) is 13.1 Å². The molecule has 4 nitrogen and oxygen atoms in total. The number of nitrogens with zero attached hydrogens (tertiary/aromatic N) is 1. The zero-order valence-electron chi connectivity index (χ0n) is 23.1. The van der Waals surface area contributed by atoms with Crippen molar-refractivity contribution in [2.24, 2.45) is 40.4 Å². The van der Waals surface area contributed by atoms with Crippen LogP contribution >= 0.6 is 0 Å². The van der Waals surface area contributed by atoms with E-state index in [1.54, 1.807) is 12.5 Å². The lowest BCUT2D eigenvalue weighted by Gasteiger charge is -2.59. The fraction of sp³-hybridized carbons (Fsp3) is 0.903. The van der Waals surface area contributed by atoms with Crippen LogP contribution in [0.4, 0.5) is 0 Å². The number of piperidine rings is 1. The first-order valence-corrected chi connectivity index (χ1v) is 14.8. The molecule has 5 aliphatic rings. The van der Waals surface area contributed by atoms with Crippen LogP contribution in [0.2, 0.25) is 0 Å². The number of fused-ring (bicyclic) bond motifs is 5. The average Bonchev–Trinajstić information content (AvgIpc) is 3.15. The third-order valence-electron chi connectivity index (χ3n) is 12.3. The molecule has 198 valence electrons. The lowest BCUT2D eigenvalue weighted by molar-refractivity contribution is -0.133. The molecule has 0 aromatic heterocycles. The maximum absolute atomic E-state index is 11.7. The Morgan fingerprint density at radius 2 is 1.74 bits per heavy atom. The van der Waals surface area contributed by atoms with E-state index in [0.717, 1.165) is 68.6 Å². The molecule has 1 saturated heterocycles. The fourth-order valence-electron chi connectivity index (χ4n) is 9.97. The van der Waals surface area contributed by atoms with Gasteiger partial charge in [-0.05, 0) is 124 Å². The highest BCUT2D eigenvalue weighted by atomic mass is 16.3. The molecule has 0 bridgehead atoms. The molecule has 0 unspecified atom stereocenters. The Morgan fingerprint density at radius 3 is 2.43 bits per heavy atom. The van der Waals surface area contributed by atoms with Crippen LogP contribution in [0.1, 0.15) is 112 Å². The number of aliphatic hydroxyl groups is 2. The summed E-state index contributed by atoms with van der Waals surface area (Å²) < 4.78 is 0. The first-order valence-electron chi connectivity index (χ1n) is 14.8. The van der Waals surface area contributed by atoms with Crippen LogP contribution in [0.25, 0.3) is 0 Å². The highest BCUT2D eigenvalue weighted by Gasteiger charge is 2.59. The fourth-order valence-corrected chi connectivity index (χ4v) is 9.97. The van der Waals surface area contributed by atoms with Crippen molar-refractivity contribution in [3.63, 3.8) is 0 Å².